The maximum absolute atomic E-state index is 12.8. The smallest absolute Gasteiger partial charge is 0.257 e. The fraction of sp³-hybridized carbons (Fsp3) is 0.318. The normalized spacial score (nSPS) is 17.7. The van der Waals surface area contributed by atoms with Crippen LogP contribution in [0.5, 0.6) is 11.5 Å². The molecular weight excluding hydrogens is 400 g/mol. The molecule has 2 heterocycles. The monoisotopic (exact) mass is 424 g/mol. The van der Waals surface area contributed by atoms with Crippen molar-refractivity contribution in [2.75, 3.05) is 30.5 Å². The number of amides is 3. The van der Waals surface area contributed by atoms with Crippen LogP contribution >= 0.6 is 0 Å². The number of piperidine rings is 1. The standard InChI is InChI=1S/C22H24N4O5/c23-21(28)17-7-3-4-10-26(17)12-20(27)25-16-6-2-1-5-15(16)22(29)24-14-8-9-18-19(11-14)31-13-30-18/h1-2,5-6,8-9,11,17H,3-4,7,10,12-13H2,(H2,23,28)(H,24,29)(H,25,27)/t17-/m1/s1. The van der Waals surface area contributed by atoms with Gasteiger partial charge in [-0.3, -0.25) is 19.3 Å². The first-order valence-electron chi connectivity index (χ1n) is 10.1. The third-order valence-electron chi connectivity index (χ3n) is 5.37. The number of benzene rings is 2. The number of fused-ring (bicyclic) bond motifs is 1. The Hall–Kier alpha value is -3.59. The summed E-state index contributed by atoms with van der Waals surface area (Å²) in [4.78, 5) is 38.9. The Morgan fingerprint density at radius 2 is 1.84 bits per heavy atom. The molecule has 2 aliphatic rings. The maximum Gasteiger partial charge on any atom is 0.257 e. The van der Waals surface area contributed by atoms with Gasteiger partial charge in [-0.1, -0.05) is 18.6 Å². The molecule has 0 saturated carbocycles. The molecule has 1 fully saturated rings. The lowest BCUT2D eigenvalue weighted by molar-refractivity contribution is -0.126. The SMILES string of the molecule is NC(=O)[C@H]1CCCCN1CC(=O)Nc1ccccc1C(=O)Nc1ccc2c(c1)OCO2. The van der Waals surface area contributed by atoms with Crippen LogP contribution in [0.1, 0.15) is 29.6 Å². The Morgan fingerprint density at radius 3 is 2.68 bits per heavy atom. The van der Waals surface area contributed by atoms with E-state index < -0.39 is 11.9 Å². The molecule has 0 spiro atoms. The van der Waals surface area contributed by atoms with Gasteiger partial charge in [0.05, 0.1) is 23.8 Å². The second kappa shape index (κ2) is 9.05. The highest BCUT2D eigenvalue weighted by atomic mass is 16.7. The molecule has 0 aliphatic carbocycles. The fourth-order valence-corrected chi connectivity index (χ4v) is 3.84. The van der Waals surface area contributed by atoms with Crippen molar-refractivity contribution in [3.05, 3.63) is 48.0 Å². The lowest BCUT2D eigenvalue weighted by Gasteiger charge is -2.32. The Morgan fingerprint density at radius 1 is 1.03 bits per heavy atom. The van der Waals surface area contributed by atoms with E-state index in [0.717, 1.165) is 12.8 Å². The van der Waals surface area contributed by atoms with Crippen LogP contribution in [-0.2, 0) is 9.59 Å². The van der Waals surface area contributed by atoms with E-state index in [2.05, 4.69) is 10.6 Å². The van der Waals surface area contributed by atoms with Crippen molar-refractivity contribution in [1.82, 2.24) is 4.90 Å². The molecule has 0 bridgehead atoms. The molecule has 1 saturated heterocycles. The zero-order valence-electron chi connectivity index (χ0n) is 16.9. The summed E-state index contributed by atoms with van der Waals surface area (Å²) in [5.41, 5.74) is 6.73. The maximum atomic E-state index is 12.8. The van der Waals surface area contributed by atoms with Gasteiger partial charge in [0, 0.05) is 11.8 Å². The molecular formula is C22H24N4O5. The van der Waals surface area contributed by atoms with Gasteiger partial charge >= 0.3 is 0 Å². The number of ether oxygens (including phenoxy) is 2. The van der Waals surface area contributed by atoms with E-state index in [1.165, 1.54) is 0 Å². The number of hydrogen-bond acceptors (Lipinski definition) is 6. The van der Waals surface area contributed by atoms with E-state index >= 15 is 0 Å². The molecule has 2 aromatic carbocycles. The number of hydrogen-bond donors (Lipinski definition) is 3. The van der Waals surface area contributed by atoms with Crippen LogP contribution in [0.2, 0.25) is 0 Å². The molecule has 31 heavy (non-hydrogen) atoms. The summed E-state index contributed by atoms with van der Waals surface area (Å²) in [7, 11) is 0. The molecule has 0 unspecified atom stereocenters. The number of likely N-dealkylation sites (tertiary alicyclic amines) is 1. The van der Waals surface area contributed by atoms with E-state index in [4.69, 9.17) is 15.2 Å². The van der Waals surface area contributed by atoms with Crippen LogP contribution in [0.15, 0.2) is 42.5 Å². The second-order valence-corrected chi connectivity index (χ2v) is 7.50. The average molecular weight is 424 g/mol. The highest BCUT2D eigenvalue weighted by molar-refractivity contribution is 6.10. The third kappa shape index (κ3) is 4.77. The van der Waals surface area contributed by atoms with Crippen molar-refractivity contribution in [1.29, 1.82) is 0 Å². The predicted molar refractivity (Wildman–Crippen MR) is 114 cm³/mol. The average Bonchev–Trinajstić information content (AvgIpc) is 3.22. The van der Waals surface area contributed by atoms with Crippen LogP contribution in [-0.4, -0.2) is 48.5 Å². The van der Waals surface area contributed by atoms with Crippen molar-refractivity contribution in [3.63, 3.8) is 0 Å². The number of carbonyl (C=O) groups is 3. The summed E-state index contributed by atoms with van der Waals surface area (Å²) in [5.74, 6) is 0.0813. The number of carbonyl (C=O) groups excluding carboxylic acids is 3. The second-order valence-electron chi connectivity index (χ2n) is 7.50. The molecule has 4 N–H and O–H groups in total. The van der Waals surface area contributed by atoms with Crippen molar-refractivity contribution in [3.8, 4) is 11.5 Å². The molecule has 9 nitrogen and oxygen atoms in total. The van der Waals surface area contributed by atoms with Gasteiger partial charge in [0.25, 0.3) is 5.91 Å². The predicted octanol–water partition coefficient (Wildman–Crippen LogP) is 1.95. The van der Waals surface area contributed by atoms with Crippen molar-refractivity contribution < 1.29 is 23.9 Å². The highest BCUT2D eigenvalue weighted by Crippen LogP contribution is 2.34. The van der Waals surface area contributed by atoms with Crippen molar-refractivity contribution >= 4 is 29.1 Å². The topological polar surface area (TPSA) is 123 Å². The van der Waals surface area contributed by atoms with E-state index in [1.54, 1.807) is 47.4 Å². The van der Waals surface area contributed by atoms with E-state index in [0.29, 0.717) is 41.4 Å². The number of rotatable bonds is 6. The number of primary amides is 1. The van der Waals surface area contributed by atoms with Crippen LogP contribution in [0.3, 0.4) is 0 Å². The van der Waals surface area contributed by atoms with Gasteiger partial charge in [-0.25, -0.2) is 0 Å². The molecule has 2 aliphatic heterocycles. The molecule has 1 atom stereocenters. The quantitative estimate of drug-likeness (QED) is 0.651. The largest absolute Gasteiger partial charge is 0.454 e. The van der Waals surface area contributed by atoms with Crippen LogP contribution < -0.4 is 25.8 Å². The molecule has 2 aromatic rings. The lowest BCUT2D eigenvalue weighted by Crippen LogP contribution is -2.50. The lowest BCUT2D eigenvalue weighted by atomic mass is 10.0. The van der Waals surface area contributed by atoms with Gasteiger partial charge in [0.2, 0.25) is 18.6 Å². The Bertz CT molecular complexity index is 1010. The molecule has 162 valence electrons. The van der Waals surface area contributed by atoms with Gasteiger partial charge < -0.3 is 25.8 Å². The van der Waals surface area contributed by atoms with E-state index in [1.807, 2.05) is 0 Å². The Kier molecular flexibility index (Phi) is 6.03. The van der Waals surface area contributed by atoms with Gasteiger partial charge in [-0.15, -0.1) is 0 Å². The number of nitrogens with zero attached hydrogens (tertiary/aromatic N) is 1. The third-order valence-corrected chi connectivity index (χ3v) is 5.37. The molecule has 9 heteroatoms. The minimum atomic E-state index is -0.441. The van der Waals surface area contributed by atoms with Gasteiger partial charge in [-0.05, 0) is 43.7 Å². The number of para-hydroxylation sites is 1. The molecule has 0 radical (unpaired) electrons. The van der Waals surface area contributed by atoms with Gasteiger partial charge in [0.15, 0.2) is 11.5 Å². The highest BCUT2D eigenvalue weighted by Gasteiger charge is 2.28. The first-order valence-corrected chi connectivity index (χ1v) is 10.1. The molecule has 0 aromatic heterocycles. The van der Waals surface area contributed by atoms with Crippen molar-refractivity contribution in [2.24, 2.45) is 5.73 Å². The first kappa shape index (κ1) is 20.7. The van der Waals surface area contributed by atoms with Gasteiger partial charge in [-0.2, -0.15) is 0 Å². The molecule has 4 rings (SSSR count). The van der Waals surface area contributed by atoms with Crippen LogP contribution in [0, 0.1) is 0 Å². The minimum Gasteiger partial charge on any atom is -0.454 e. The Labute approximate surface area is 179 Å². The number of anilines is 2. The van der Waals surface area contributed by atoms with Gasteiger partial charge in [0.1, 0.15) is 0 Å². The summed E-state index contributed by atoms with van der Waals surface area (Å²) >= 11 is 0. The molecule has 3 amide bonds. The number of nitrogens with two attached hydrogens (primary N) is 1. The summed E-state index contributed by atoms with van der Waals surface area (Å²) in [5, 5.41) is 5.59. The van der Waals surface area contributed by atoms with Crippen molar-refractivity contribution in [2.45, 2.75) is 25.3 Å². The first-order chi connectivity index (χ1) is 15.0. The van der Waals surface area contributed by atoms with E-state index in [-0.39, 0.29) is 25.2 Å². The Balaban J connectivity index is 1.43. The number of nitrogens with one attached hydrogen (secondary N) is 2. The summed E-state index contributed by atoms with van der Waals surface area (Å²) in [6, 6.07) is 11.4. The van der Waals surface area contributed by atoms with Crippen LogP contribution in [0.4, 0.5) is 11.4 Å². The summed E-state index contributed by atoms with van der Waals surface area (Å²) in [6.45, 7) is 0.814. The fourth-order valence-electron chi connectivity index (χ4n) is 3.84. The summed E-state index contributed by atoms with van der Waals surface area (Å²) in [6.07, 6.45) is 2.47. The minimum absolute atomic E-state index is 0.0335. The summed E-state index contributed by atoms with van der Waals surface area (Å²) < 4.78 is 10.6. The zero-order valence-corrected chi connectivity index (χ0v) is 16.9. The van der Waals surface area contributed by atoms with E-state index in [9.17, 15) is 14.4 Å². The van der Waals surface area contributed by atoms with Crippen LogP contribution in [0.25, 0.3) is 0 Å². The zero-order chi connectivity index (χ0) is 21.8.